The molecule has 0 radical (unpaired) electrons. The standard InChI is InChI=1S/C26H23N5O/c1-30-16-22(18-12-14-27-15-13-18)26(29-30)19-6-10-21(11-7-19)32-17-25-28-23-4-2-3-5-24(23)31(25)20-8-9-20/h2-7,10-16,20H,8-9,17H2,1H3. The van der Waals surface area contributed by atoms with Gasteiger partial charge < -0.3 is 9.30 Å². The molecule has 2 aromatic carbocycles. The van der Waals surface area contributed by atoms with Crippen LogP contribution in [-0.2, 0) is 13.7 Å². The molecule has 0 aliphatic heterocycles. The van der Waals surface area contributed by atoms with Crippen LogP contribution in [0.5, 0.6) is 5.75 Å². The summed E-state index contributed by atoms with van der Waals surface area (Å²) in [5.41, 5.74) is 6.41. The Bertz CT molecular complexity index is 1380. The minimum atomic E-state index is 0.455. The zero-order valence-electron chi connectivity index (χ0n) is 17.8. The molecular weight excluding hydrogens is 398 g/mol. The van der Waals surface area contributed by atoms with Gasteiger partial charge in [-0.1, -0.05) is 12.1 Å². The highest BCUT2D eigenvalue weighted by molar-refractivity contribution is 5.80. The van der Waals surface area contributed by atoms with Gasteiger partial charge in [-0.25, -0.2) is 4.98 Å². The van der Waals surface area contributed by atoms with E-state index in [4.69, 9.17) is 9.72 Å². The molecule has 32 heavy (non-hydrogen) atoms. The van der Waals surface area contributed by atoms with Crippen molar-refractivity contribution in [1.82, 2.24) is 24.3 Å². The Morgan fingerprint density at radius 1 is 0.938 bits per heavy atom. The number of aryl methyl sites for hydroxylation is 1. The van der Waals surface area contributed by atoms with Crippen molar-refractivity contribution in [2.75, 3.05) is 0 Å². The second kappa shape index (κ2) is 7.64. The number of nitrogens with zero attached hydrogens (tertiary/aromatic N) is 5. The molecular formula is C26H23N5O. The van der Waals surface area contributed by atoms with Crippen molar-refractivity contribution in [3.8, 4) is 28.1 Å². The number of rotatable bonds is 6. The molecule has 6 nitrogen and oxygen atoms in total. The lowest BCUT2D eigenvalue weighted by Crippen LogP contribution is -2.05. The molecule has 5 aromatic rings. The van der Waals surface area contributed by atoms with E-state index >= 15 is 0 Å². The predicted octanol–water partition coefficient (Wildman–Crippen LogP) is 5.41. The molecule has 1 aliphatic carbocycles. The van der Waals surface area contributed by atoms with Crippen LogP contribution in [0.1, 0.15) is 24.7 Å². The number of benzene rings is 2. The van der Waals surface area contributed by atoms with Crippen LogP contribution in [0.15, 0.2) is 79.3 Å². The van der Waals surface area contributed by atoms with Gasteiger partial charge in [0, 0.05) is 42.8 Å². The van der Waals surface area contributed by atoms with Gasteiger partial charge in [0.2, 0.25) is 0 Å². The second-order valence-corrected chi connectivity index (χ2v) is 8.23. The Balaban J connectivity index is 1.24. The molecule has 0 amide bonds. The first-order valence-electron chi connectivity index (χ1n) is 10.9. The monoisotopic (exact) mass is 421 g/mol. The largest absolute Gasteiger partial charge is 0.486 e. The highest BCUT2D eigenvalue weighted by Gasteiger charge is 2.28. The van der Waals surface area contributed by atoms with Gasteiger partial charge >= 0.3 is 0 Å². The number of hydrogen-bond acceptors (Lipinski definition) is 4. The Labute approximate surface area is 186 Å². The number of pyridine rings is 1. The van der Waals surface area contributed by atoms with E-state index in [1.165, 1.54) is 18.4 Å². The summed E-state index contributed by atoms with van der Waals surface area (Å²) in [7, 11) is 1.94. The first-order chi connectivity index (χ1) is 15.8. The van der Waals surface area contributed by atoms with Gasteiger partial charge in [0.25, 0.3) is 0 Å². The van der Waals surface area contributed by atoms with E-state index in [0.29, 0.717) is 12.6 Å². The van der Waals surface area contributed by atoms with Gasteiger partial charge in [0.15, 0.2) is 0 Å². The Kier molecular flexibility index (Phi) is 4.49. The SMILES string of the molecule is Cn1cc(-c2ccncc2)c(-c2ccc(OCc3nc4ccccc4n3C3CC3)cc2)n1. The molecule has 6 heteroatoms. The highest BCUT2D eigenvalue weighted by atomic mass is 16.5. The Morgan fingerprint density at radius 3 is 2.50 bits per heavy atom. The average molecular weight is 422 g/mol. The number of hydrogen-bond donors (Lipinski definition) is 0. The lowest BCUT2D eigenvalue weighted by atomic mass is 10.0. The lowest BCUT2D eigenvalue weighted by Gasteiger charge is -2.10. The number of aromatic nitrogens is 5. The zero-order chi connectivity index (χ0) is 21.5. The van der Waals surface area contributed by atoms with Gasteiger partial charge in [-0.2, -0.15) is 5.10 Å². The van der Waals surface area contributed by atoms with E-state index in [9.17, 15) is 0 Å². The smallest absolute Gasteiger partial charge is 0.148 e. The van der Waals surface area contributed by atoms with Crippen molar-refractivity contribution in [3.05, 3.63) is 85.1 Å². The Morgan fingerprint density at radius 2 is 1.72 bits per heavy atom. The third kappa shape index (κ3) is 3.43. The van der Waals surface area contributed by atoms with Crippen LogP contribution in [0.25, 0.3) is 33.4 Å². The summed E-state index contributed by atoms with van der Waals surface area (Å²) in [5, 5.41) is 4.68. The number of ether oxygens (including phenoxy) is 1. The summed E-state index contributed by atoms with van der Waals surface area (Å²) in [4.78, 5) is 8.94. The fourth-order valence-corrected chi connectivity index (χ4v) is 4.24. The second-order valence-electron chi connectivity index (χ2n) is 8.23. The predicted molar refractivity (Wildman–Crippen MR) is 124 cm³/mol. The van der Waals surface area contributed by atoms with E-state index in [1.54, 1.807) is 12.4 Å². The molecule has 1 fully saturated rings. The number of fused-ring (bicyclic) bond motifs is 1. The van der Waals surface area contributed by atoms with Crippen LogP contribution in [0.3, 0.4) is 0 Å². The van der Waals surface area contributed by atoms with E-state index in [-0.39, 0.29) is 0 Å². The number of para-hydroxylation sites is 2. The third-order valence-electron chi connectivity index (χ3n) is 5.90. The van der Waals surface area contributed by atoms with Gasteiger partial charge in [-0.05, 0) is 66.9 Å². The maximum absolute atomic E-state index is 6.13. The van der Waals surface area contributed by atoms with Crippen molar-refractivity contribution in [2.45, 2.75) is 25.5 Å². The average Bonchev–Trinajstić information content (AvgIpc) is 3.49. The third-order valence-corrected chi connectivity index (χ3v) is 5.90. The summed E-state index contributed by atoms with van der Waals surface area (Å²) >= 11 is 0. The van der Waals surface area contributed by atoms with Crippen molar-refractivity contribution < 1.29 is 4.74 Å². The minimum absolute atomic E-state index is 0.455. The van der Waals surface area contributed by atoms with Crippen LogP contribution < -0.4 is 4.74 Å². The van der Waals surface area contributed by atoms with Crippen LogP contribution in [0, 0.1) is 0 Å². The topological polar surface area (TPSA) is 57.8 Å². The first-order valence-corrected chi connectivity index (χ1v) is 10.9. The van der Waals surface area contributed by atoms with E-state index in [2.05, 4.69) is 45.0 Å². The van der Waals surface area contributed by atoms with Crippen molar-refractivity contribution in [1.29, 1.82) is 0 Å². The van der Waals surface area contributed by atoms with Crippen LogP contribution >= 0.6 is 0 Å². The van der Waals surface area contributed by atoms with Crippen molar-refractivity contribution >= 4 is 11.0 Å². The maximum atomic E-state index is 6.13. The molecule has 0 atom stereocenters. The zero-order valence-corrected chi connectivity index (χ0v) is 17.8. The highest BCUT2D eigenvalue weighted by Crippen LogP contribution is 2.39. The van der Waals surface area contributed by atoms with Crippen LogP contribution in [-0.4, -0.2) is 24.3 Å². The van der Waals surface area contributed by atoms with E-state index in [1.807, 2.05) is 48.3 Å². The van der Waals surface area contributed by atoms with E-state index < -0.39 is 0 Å². The van der Waals surface area contributed by atoms with Gasteiger partial charge in [0.1, 0.15) is 23.9 Å². The fourth-order valence-electron chi connectivity index (χ4n) is 4.24. The van der Waals surface area contributed by atoms with Crippen LogP contribution in [0.2, 0.25) is 0 Å². The van der Waals surface area contributed by atoms with Gasteiger partial charge in [-0.3, -0.25) is 9.67 Å². The molecule has 158 valence electrons. The number of imidazole rings is 1. The summed E-state index contributed by atoms with van der Waals surface area (Å²) in [5.74, 6) is 1.81. The summed E-state index contributed by atoms with van der Waals surface area (Å²) in [6.45, 7) is 0.455. The molecule has 1 aliphatic rings. The summed E-state index contributed by atoms with van der Waals surface area (Å²) in [6.07, 6.45) is 8.07. The molecule has 3 aromatic heterocycles. The van der Waals surface area contributed by atoms with Crippen molar-refractivity contribution in [2.24, 2.45) is 7.05 Å². The summed E-state index contributed by atoms with van der Waals surface area (Å²) < 4.78 is 10.3. The van der Waals surface area contributed by atoms with Crippen molar-refractivity contribution in [3.63, 3.8) is 0 Å². The lowest BCUT2D eigenvalue weighted by molar-refractivity contribution is 0.290. The van der Waals surface area contributed by atoms with Crippen LogP contribution in [0.4, 0.5) is 0 Å². The quantitative estimate of drug-likeness (QED) is 0.368. The van der Waals surface area contributed by atoms with E-state index in [0.717, 1.165) is 39.5 Å². The normalized spacial score (nSPS) is 13.5. The fraction of sp³-hybridized carbons (Fsp3) is 0.192. The van der Waals surface area contributed by atoms with Gasteiger partial charge in [0.05, 0.1) is 11.0 Å². The van der Waals surface area contributed by atoms with Gasteiger partial charge in [-0.15, -0.1) is 0 Å². The molecule has 1 saturated carbocycles. The minimum Gasteiger partial charge on any atom is -0.486 e. The molecule has 3 heterocycles. The molecule has 0 N–H and O–H groups in total. The molecule has 6 rings (SSSR count). The molecule has 0 bridgehead atoms. The first kappa shape index (κ1) is 18.8. The maximum Gasteiger partial charge on any atom is 0.148 e. The molecule has 0 unspecified atom stereocenters. The Hall–Kier alpha value is -3.93. The molecule has 0 spiro atoms. The molecule has 0 saturated heterocycles. The summed E-state index contributed by atoms with van der Waals surface area (Å²) in [6, 6.07) is 21.0.